The molecule has 1 aromatic heterocycles. The van der Waals surface area contributed by atoms with Crippen LogP contribution in [0.2, 0.25) is 0 Å². The number of likely N-dealkylation sites (tertiary alicyclic amines) is 1. The molecule has 0 unspecified atom stereocenters. The molecular weight excluding hydrogens is 435 g/mol. The summed E-state index contributed by atoms with van der Waals surface area (Å²) in [5.74, 6) is -1.82. The van der Waals surface area contributed by atoms with Gasteiger partial charge in [-0.25, -0.2) is 4.39 Å². The molecule has 1 aromatic carbocycles. The lowest BCUT2D eigenvalue weighted by Gasteiger charge is -2.29. The van der Waals surface area contributed by atoms with E-state index < -0.39 is 29.8 Å². The molecule has 0 spiro atoms. The van der Waals surface area contributed by atoms with Crippen LogP contribution in [0, 0.1) is 5.82 Å². The van der Waals surface area contributed by atoms with Crippen molar-refractivity contribution >= 4 is 35.0 Å². The molecule has 8 nitrogen and oxygen atoms in total. The second kappa shape index (κ2) is 8.01. The number of carbonyl (C=O) groups excluding carboxylic acids is 4. The molecule has 166 valence electrons. The molecule has 2 N–H and O–H groups in total. The predicted octanol–water partition coefficient (Wildman–Crippen LogP) is 1.000. The van der Waals surface area contributed by atoms with Gasteiger partial charge in [-0.05, 0) is 42.5 Å². The van der Waals surface area contributed by atoms with Crippen molar-refractivity contribution in [3.63, 3.8) is 0 Å². The number of amides is 4. The summed E-state index contributed by atoms with van der Waals surface area (Å²) in [5, 5.41) is 7.62. The number of hydrogen-bond acceptors (Lipinski definition) is 5. The summed E-state index contributed by atoms with van der Waals surface area (Å²) in [5.41, 5.74) is 0.160. The molecule has 3 aliphatic rings. The van der Waals surface area contributed by atoms with Crippen LogP contribution in [0.15, 0.2) is 41.8 Å². The minimum absolute atomic E-state index is 0.160. The van der Waals surface area contributed by atoms with Crippen molar-refractivity contribution in [3.8, 4) is 0 Å². The first-order valence-electron chi connectivity index (χ1n) is 10.4. The summed E-state index contributed by atoms with van der Waals surface area (Å²) in [4.78, 5) is 55.3. The zero-order chi connectivity index (χ0) is 22.4. The van der Waals surface area contributed by atoms with Crippen molar-refractivity contribution in [2.45, 2.75) is 37.0 Å². The number of nitrogens with one attached hydrogen (secondary N) is 2. The minimum Gasteiger partial charge on any atom is -0.349 e. The fraction of sp³-hybridized carbons (Fsp3) is 0.364. The largest absolute Gasteiger partial charge is 0.349 e. The summed E-state index contributed by atoms with van der Waals surface area (Å²) in [6, 6.07) is 6.43. The van der Waals surface area contributed by atoms with Crippen molar-refractivity contribution in [1.29, 1.82) is 0 Å². The first kappa shape index (κ1) is 20.6. The first-order valence-corrected chi connectivity index (χ1v) is 11.3. The molecule has 2 aromatic rings. The van der Waals surface area contributed by atoms with Crippen LogP contribution < -0.4 is 10.6 Å². The van der Waals surface area contributed by atoms with E-state index in [1.54, 1.807) is 17.5 Å². The van der Waals surface area contributed by atoms with Crippen molar-refractivity contribution in [2.24, 2.45) is 0 Å². The third kappa shape index (κ3) is 3.54. The highest BCUT2D eigenvalue weighted by Gasteiger charge is 2.52. The van der Waals surface area contributed by atoms with Gasteiger partial charge in [-0.1, -0.05) is 12.1 Å². The van der Waals surface area contributed by atoms with Gasteiger partial charge in [-0.2, -0.15) is 0 Å². The Balaban J connectivity index is 1.36. The molecule has 4 heterocycles. The molecule has 0 aliphatic carbocycles. The minimum atomic E-state index is -0.855. The lowest BCUT2D eigenvalue weighted by Crippen LogP contribution is -2.52. The summed E-state index contributed by atoms with van der Waals surface area (Å²) < 4.78 is 13.6. The summed E-state index contributed by atoms with van der Waals surface area (Å²) in [7, 11) is 0. The van der Waals surface area contributed by atoms with Crippen LogP contribution in [-0.2, 0) is 9.59 Å². The van der Waals surface area contributed by atoms with E-state index in [9.17, 15) is 23.6 Å². The Hall–Kier alpha value is -3.27. The van der Waals surface area contributed by atoms with E-state index in [4.69, 9.17) is 0 Å². The van der Waals surface area contributed by atoms with Crippen LogP contribution in [-0.4, -0.2) is 70.7 Å². The van der Waals surface area contributed by atoms with E-state index in [2.05, 4.69) is 10.6 Å². The van der Waals surface area contributed by atoms with Crippen LogP contribution in [0.25, 0.3) is 0 Å². The van der Waals surface area contributed by atoms with Crippen molar-refractivity contribution in [2.75, 3.05) is 13.1 Å². The van der Waals surface area contributed by atoms with Crippen LogP contribution in [0.1, 0.15) is 32.9 Å². The predicted molar refractivity (Wildman–Crippen MR) is 113 cm³/mol. The molecule has 4 atom stereocenters. The number of benzene rings is 1. The van der Waals surface area contributed by atoms with Gasteiger partial charge in [0.1, 0.15) is 17.9 Å². The number of halogens is 1. The molecule has 5 rings (SSSR count). The van der Waals surface area contributed by atoms with E-state index in [1.165, 1.54) is 39.3 Å². The van der Waals surface area contributed by atoms with Crippen LogP contribution >= 0.6 is 11.3 Å². The van der Waals surface area contributed by atoms with Crippen molar-refractivity contribution in [3.05, 3.63) is 58.0 Å². The molecule has 32 heavy (non-hydrogen) atoms. The third-order valence-corrected chi connectivity index (χ3v) is 7.15. The summed E-state index contributed by atoms with van der Waals surface area (Å²) in [6.45, 7) is 0.479. The maximum absolute atomic E-state index is 13.6. The maximum Gasteiger partial charge on any atom is 0.261 e. The molecule has 10 heteroatoms. The molecule has 3 saturated heterocycles. The molecule has 0 saturated carbocycles. The Morgan fingerprint density at radius 3 is 2.78 bits per heavy atom. The molecule has 0 radical (unpaired) electrons. The van der Waals surface area contributed by atoms with Crippen LogP contribution in [0.3, 0.4) is 0 Å². The highest BCUT2D eigenvalue weighted by Crippen LogP contribution is 2.30. The average molecular weight is 456 g/mol. The molecule has 0 bridgehead atoms. The van der Waals surface area contributed by atoms with Gasteiger partial charge >= 0.3 is 0 Å². The molecule has 3 fully saturated rings. The van der Waals surface area contributed by atoms with Gasteiger partial charge in [0.2, 0.25) is 11.8 Å². The Kier molecular flexibility index (Phi) is 5.16. The third-order valence-electron chi connectivity index (χ3n) is 6.28. The van der Waals surface area contributed by atoms with Crippen molar-refractivity contribution in [1.82, 2.24) is 20.4 Å². The van der Waals surface area contributed by atoms with Gasteiger partial charge in [0, 0.05) is 24.7 Å². The zero-order valence-corrected chi connectivity index (χ0v) is 17.8. The van der Waals surface area contributed by atoms with Crippen LogP contribution in [0.4, 0.5) is 4.39 Å². The second-order valence-electron chi connectivity index (χ2n) is 8.25. The summed E-state index contributed by atoms with van der Waals surface area (Å²) >= 11 is 1.32. The lowest BCUT2D eigenvalue weighted by atomic mass is 10.1. The standard InChI is InChI=1S/C22H21FN4O4S/c23-13-4-1-3-12(9-13)21(30)26-7-6-15-18(26)22(31)27-11-14(10-16(27)19(28)25-15)24-20(29)17-5-2-8-32-17/h1-5,8-9,14-16,18H,6-7,10-11H2,(H,24,29)(H,25,28)/t14-,15-,16+,18-/m0/s1. The van der Waals surface area contributed by atoms with E-state index in [0.717, 1.165) is 6.07 Å². The van der Waals surface area contributed by atoms with E-state index in [1.807, 2.05) is 0 Å². The molecule has 4 amide bonds. The van der Waals surface area contributed by atoms with Crippen molar-refractivity contribution < 1.29 is 23.6 Å². The van der Waals surface area contributed by atoms with E-state index in [-0.39, 0.29) is 42.4 Å². The fourth-order valence-corrected chi connectivity index (χ4v) is 5.44. The molecule has 3 aliphatic heterocycles. The monoisotopic (exact) mass is 456 g/mol. The number of nitrogens with zero attached hydrogens (tertiary/aromatic N) is 2. The average Bonchev–Trinajstić information content (AvgIpc) is 3.51. The van der Waals surface area contributed by atoms with Gasteiger partial charge in [0.15, 0.2) is 0 Å². The zero-order valence-electron chi connectivity index (χ0n) is 17.0. The number of fused-ring (bicyclic) bond motifs is 2. The number of rotatable bonds is 3. The van der Waals surface area contributed by atoms with Crippen LogP contribution in [0.5, 0.6) is 0 Å². The second-order valence-corrected chi connectivity index (χ2v) is 9.19. The number of carbonyl (C=O) groups is 4. The Labute approximate surface area is 187 Å². The quantitative estimate of drug-likeness (QED) is 0.720. The highest BCUT2D eigenvalue weighted by molar-refractivity contribution is 7.12. The SMILES string of the molecule is O=C(N[C@H]1C[C@@H]2C(=O)N[C@H]3CCN(C(=O)c4cccc(F)c4)[C@@H]3C(=O)N2C1)c1cccs1. The number of thiophene rings is 1. The van der Waals surface area contributed by atoms with Gasteiger partial charge in [-0.3, -0.25) is 19.2 Å². The normalized spacial score (nSPS) is 26.9. The van der Waals surface area contributed by atoms with Gasteiger partial charge in [0.05, 0.1) is 10.9 Å². The topological polar surface area (TPSA) is 98.8 Å². The Morgan fingerprint density at radius 2 is 2.03 bits per heavy atom. The lowest BCUT2D eigenvalue weighted by molar-refractivity contribution is -0.138. The Morgan fingerprint density at radius 1 is 1.19 bits per heavy atom. The molecular formula is C22H21FN4O4S. The Bertz CT molecular complexity index is 1090. The maximum atomic E-state index is 13.6. The van der Waals surface area contributed by atoms with E-state index in [0.29, 0.717) is 17.7 Å². The van der Waals surface area contributed by atoms with Gasteiger partial charge in [0.25, 0.3) is 11.8 Å². The van der Waals surface area contributed by atoms with E-state index >= 15 is 0 Å². The smallest absolute Gasteiger partial charge is 0.261 e. The first-order chi connectivity index (χ1) is 15.4. The van der Waals surface area contributed by atoms with Gasteiger partial charge < -0.3 is 20.4 Å². The number of hydrogen-bond donors (Lipinski definition) is 2. The van der Waals surface area contributed by atoms with Gasteiger partial charge in [-0.15, -0.1) is 11.3 Å². The highest BCUT2D eigenvalue weighted by atomic mass is 32.1. The fourth-order valence-electron chi connectivity index (χ4n) is 4.81. The summed E-state index contributed by atoms with van der Waals surface area (Å²) in [6.07, 6.45) is 0.758.